The van der Waals surface area contributed by atoms with Crippen LogP contribution in [0.15, 0.2) is 0 Å². The van der Waals surface area contributed by atoms with E-state index in [1.807, 2.05) is 0 Å². The van der Waals surface area contributed by atoms with E-state index in [0.29, 0.717) is 6.42 Å². The number of hydrogen-bond donors (Lipinski definition) is 0. The second-order valence-electron chi connectivity index (χ2n) is 6.66. The summed E-state index contributed by atoms with van der Waals surface area (Å²) in [5.41, 5.74) is -1.97. The molecule has 0 aliphatic rings. The molecule has 0 unspecified atom stereocenters. The molecule has 0 spiro atoms. The highest BCUT2D eigenvalue weighted by Gasteiger charge is 2.59. The van der Waals surface area contributed by atoms with Crippen molar-refractivity contribution in [2.24, 2.45) is 5.41 Å². The third kappa shape index (κ3) is 8.31. The first-order valence-corrected chi connectivity index (χ1v) is 8.65. The zero-order valence-electron chi connectivity index (χ0n) is 15.4. The van der Waals surface area contributed by atoms with Gasteiger partial charge in [0.05, 0.1) is 6.61 Å². The van der Waals surface area contributed by atoms with Gasteiger partial charge in [-0.25, -0.2) is 0 Å². The van der Waals surface area contributed by atoms with E-state index in [2.05, 4.69) is 11.7 Å². The van der Waals surface area contributed by atoms with Crippen molar-refractivity contribution in [3.8, 4) is 0 Å². The molecule has 0 bridgehead atoms. The zero-order chi connectivity index (χ0) is 20.4. The average Bonchev–Trinajstić information content (AvgIpc) is 2.53. The molecule has 9 heteroatoms. The van der Waals surface area contributed by atoms with E-state index in [1.165, 1.54) is 6.42 Å². The highest BCUT2D eigenvalue weighted by molar-refractivity contribution is 5.99. The molecule has 0 atom stereocenters. The van der Waals surface area contributed by atoms with Crippen molar-refractivity contribution in [1.29, 1.82) is 0 Å². The highest BCUT2D eigenvalue weighted by atomic mass is 19.4. The number of carbonyl (C=O) groups is 2. The van der Waals surface area contributed by atoms with Gasteiger partial charge in [0, 0.05) is 0 Å². The minimum atomic E-state index is -5.84. The number of hydrogen-bond acceptors (Lipinski definition) is 4. The maximum Gasteiger partial charge on any atom is 0.456 e. The molecule has 0 N–H and O–H groups in total. The zero-order valence-corrected chi connectivity index (χ0v) is 15.4. The van der Waals surface area contributed by atoms with E-state index in [0.717, 1.165) is 46.0 Å². The molecule has 0 aliphatic heterocycles. The van der Waals surface area contributed by atoms with Crippen LogP contribution in [0.5, 0.6) is 0 Å². The van der Waals surface area contributed by atoms with Gasteiger partial charge in [0.1, 0.15) is 0 Å². The molecule has 26 heavy (non-hydrogen) atoms. The fraction of sp³-hybridized carbons (Fsp3) is 0.882. The van der Waals surface area contributed by atoms with Crippen molar-refractivity contribution in [1.82, 2.24) is 0 Å². The van der Waals surface area contributed by atoms with Gasteiger partial charge in [-0.2, -0.15) is 22.0 Å². The Morgan fingerprint density at radius 2 is 1.23 bits per heavy atom. The van der Waals surface area contributed by atoms with Crippen LogP contribution in [-0.4, -0.2) is 37.3 Å². The highest BCUT2D eigenvalue weighted by Crippen LogP contribution is 2.36. The van der Waals surface area contributed by atoms with Crippen molar-refractivity contribution in [2.75, 3.05) is 13.2 Å². The standard InChI is InChI=1S/C17H27F5O4/c1-4-5-6-7-8-9-10-11-25-13(23)15(2,3)14(24)26-12-16(18,19)17(20,21)22/h4-12H2,1-3H3. The summed E-state index contributed by atoms with van der Waals surface area (Å²) in [6.45, 7) is 2.07. The smallest absolute Gasteiger partial charge is 0.456 e. The number of halogens is 5. The van der Waals surface area contributed by atoms with E-state index in [-0.39, 0.29) is 6.61 Å². The molecule has 0 amide bonds. The third-order valence-electron chi connectivity index (χ3n) is 3.80. The number of ether oxygens (including phenoxy) is 2. The number of alkyl halides is 5. The molecule has 0 saturated carbocycles. The summed E-state index contributed by atoms with van der Waals surface area (Å²) < 4.78 is 70.5. The first-order valence-electron chi connectivity index (χ1n) is 8.65. The molecule has 0 saturated heterocycles. The summed E-state index contributed by atoms with van der Waals surface area (Å²) in [6, 6.07) is 0. The Balaban J connectivity index is 4.23. The number of carbonyl (C=O) groups excluding carboxylic acids is 2. The molecule has 0 heterocycles. The van der Waals surface area contributed by atoms with Crippen molar-refractivity contribution in [2.45, 2.75) is 77.8 Å². The fourth-order valence-electron chi connectivity index (χ4n) is 1.91. The topological polar surface area (TPSA) is 52.6 Å². The second-order valence-corrected chi connectivity index (χ2v) is 6.66. The Kier molecular flexibility index (Phi) is 10.1. The number of rotatable bonds is 12. The van der Waals surface area contributed by atoms with E-state index >= 15 is 0 Å². The van der Waals surface area contributed by atoms with Gasteiger partial charge >= 0.3 is 24.0 Å². The molecule has 0 aromatic heterocycles. The largest absolute Gasteiger partial charge is 0.465 e. The molecular weight excluding hydrogens is 363 g/mol. The SMILES string of the molecule is CCCCCCCCCOC(=O)C(C)(C)C(=O)OCC(F)(F)C(F)(F)F. The third-order valence-corrected chi connectivity index (χ3v) is 3.80. The van der Waals surface area contributed by atoms with Crippen molar-refractivity contribution in [3.05, 3.63) is 0 Å². The fourth-order valence-corrected chi connectivity index (χ4v) is 1.91. The first kappa shape index (κ1) is 24.6. The lowest BCUT2D eigenvalue weighted by Crippen LogP contribution is -2.44. The van der Waals surface area contributed by atoms with Gasteiger partial charge in [0.2, 0.25) is 0 Å². The van der Waals surface area contributed by atoms with Gasteiger partial charge < -0.3 is 9.47 Å². The van der Waals surface area contributed by atoms with Crippen molar-refractivity contribution < 1.29 is 41.0 Å². The van der Waals surface area contributed by atoms with Crippen LogP contribution >= 0.6 is 0 Å². The van der Waals surface area contributed by atoms with Gasteiger partial charge in [-0.05, 0) is 20.3 Å². The van der Waals surface area contributed by atoms with Crippen LogP contribution in [0.1, 0.15) is 65.7 Å². The molecule has 0 aromatic rings. The second kappa shape index (κ2) is 10.7. The predicted molar refractivity (Wildman–Crippen MR) is 84.7 cm³/mol. The Hall–Kier alpha value is -1.41. The minimum Gasteiger partial charge on any atom is -0.465 e. The summed E-state index contributed by atoms with van der Waals surface area (Å²) in [5, 5.41) is 0. The van der Waals surface area contributed by atoms with Gasteiger partial charge in [0.15, 0.2) is 12.0 Å². The summed E-state index contributed by atoms with van der Waals surface area (Å²) in [7, 11) is 0. The maximum absolute atomic E-state index is 12.8. The summed E-state index contributed by atoms with van der Waals surface area (Å²) in [4.78, 5) is 23.6. The van der Waals surface area contributed by atoms with E-state index in [1.54, 1.807) is 0 Å². The molecule has 0 fully saturated rings. The molecule has 0 rings (SSSR count). The number of esters is 2. The first-order chi connectivity index (χ1) is 11.9. The maximum atomic E-state index is 12.8. The molecular formula is C17H27F5O4. The molecule has 154 valence electrons. The van der Waals surface area contributed by atoms with Crippen LogP contribution in [0, 0.1) is 5.41 Å². The van der Waals surface area contributed by atoms with Gasteiger partial charge in [0.25, 0.3) is 0 Å². The minimum absolute atomic E-state index is 0.0437. The van der Waals surface area contributed by atoms with Crippen molar-refractivity contribution >= 4 is 11.9 Å². The summed E-state index contributed by atoms with van der Waals surface area (Å²) in [5.74, 6) is -7.70. The van der Waals surface area contributed by atoms with E-state index in [9.17, 15) is 31.5 Å². The predicted octanol–water partition coefficient (Wildman–Crippen LogP) is 5.05. The van der Waals surface area contributed by atoms with Crippen LogP contribution < -0.4 is 0 Å². The lowest BCUT2D eigenvalue weighted by Gasteiger charge is -2.24. The van der Waals surface area contributed by atoms with E-state index < -0.39 is 36.1 Å². The number of unbranched alkanes of at least 4 members (excludes halogenated alkanes) is 6. The average molecular weight is 390 g/mol. The van der Waals surface area contributed by atoms with Gasteiger partial charge in [-0.3, -0.25) is 9.59 Å². The van der Waals surface area contributed by atoms with Crippen LogP contribution in [-0.2, 0) is 19.1 Å². The normalized spacial score (nSPS) is 12.8. The van der Waals surface area contributed by atoms with Crippen LogP contribution in [0.25, 0.3) is 0 Å². The van der Waals surface area contributed by atoms with Gasteiger partial charge in [-0.1, -0.05) is 45.4 Å². The monoisotopic (exact) mass is 390 g/mol. The van der Waals surface area contributed by atoms with Gasteiger partial charge in [-0.15, -0.1) is 0 Å². The summed E-state index contributed by atoms with van der Waals surface area (Å²) in [6.07, 6.45) is 1.07. The Morgan fingerprint density at radius 1 is 0.769 bits per heavy atom. The summed E-state index contributed by atoms with van der Waals surface area (Å²) >= 11 is 0. The van der Waals surface area contributed by atoms with Crippen LogP contribution in [0.3, 0.4) is 0 Å². The Morgan fingerprint density at radius 3 is 1.73 bits per heavy atom. The quantitative estimate of drug-likeness (QED) is 0.203. The molecule has 0 aromatic carbocycles. The van der Waals surface area contributed by atoms with Crippen LogP contribution in [0.2, 0.25) is 0 Å². The Bertz CT molecular complexity index is 447. The van der Waals surface area contributed by atoms with Crippen molar-refractivity contribution in [3.63, 3.8) is 0 Å². The lowest BCUT2D eigenvalue weighted by atomic mass is 9.94. The van der Waals surface area contributed by atoms with Crippen LogP contribution in [0.4, 0.5) is 22.0 Å². The lowest BCUT2D eigenvalue weighted by molar-refractivity contribution is -0.294. The molecule has 0 radical (unpaired) electrons. The van der Waals surface area contributed by atoms with E-state index in [4.69, 9.17) is 4.74 Å². The molecule has 4 nitrogen and oxygen atoms in total. The Labute approximate surface area is 150 Å². The molecule has 0 aliphatic carbocycles.